The van der Waals surface area contributed by atoms with Crippen LogP contribution in [0.25, 0.3) is 0 Å². The van der Waals surface area contributed by atoms with E-state index in [1.807, 2.05) is 31.2 Å². The highest BCUT2D eigenvalue weighted by Crippen LogP contribution is 2.11. The summed E-state index contributed by atoms with van der Waals surface area (Å²) < 4.78 is 5.31. The van der Waals surface area contributed by atoms with E-state index in [4.69, 9.17) is 4.74 Å². The van der Waals surface area contributed by atoms with Crippen LogP contribution in [-0.4, -0.2) is 36.3 Å². The number of urea groups is 1. The van der Waals surface area contributed by atoms with Crippen molar-refractivity contribution in [1.29, 1.82) is 0 Å². The van der Waals surface area contributed by atoms with E-state index in [0.717, 1.165) is 16.3 Å². The van der Waals surface area contributed by atoms with Gasteiger partial charge < -0.3 is 4.74 Å². The SMILES string of the molecule is CCOc1ccc(/C=N/N2CC(=O)NC2=O)cc1. The van der Waals surface area contributed by atoms with Crippen molar-refractivity contribution in [2.75, 3.05) is 13.2 Å². The quantitative estimate of drug-likeness (QED) is 0.636. The number of imide groups is 1. The van der Waals surface area contributed by atoms with E-state index < -0.39 is 6.03 Å². The molecule has 1 aliphatic rings. The minimum atomic E-state index is -0.498. The lowest BCUT2D eigenvalue weighted by Crippen LogP contribution is -2.24. The van der Waals surface area contributed by atoms with E-state index in [1.54, 1.807) is 0 Å². The molecule has 1 aliphatic heterocycles. The second kappa shape index (κ2) is 5.31. The van der Waals surface area contributed by atoms with E-state index in [2.05, 4.69) is 10.4 Å². The van der Waals surface area contributed by atoms with E-state index in [1.165, 1.54) is 6.21 Å². The molecule has 0 spiro atoms. The van der Waals surface area contributed by atoms with Crippen LogP contribution in [0.3, 0.4) is 0 Å². The first kappa shape index (κ1) is 12.1. The number of rotatable bonds is 4. The maximum Gasteiger partial charge on any atom is 0.344 e. The average Bonchev–Trinajstić information content (AvgIpc) is 2.67. The van der Waals surface area contributed by atoms with Gasteiger partial charge in [0.15, 0.2) is 0 Å². The first-order valence-corrected chi connectivity index (χ1v) is 5.57. The summed E-state index contributed by atoms with van der Waals surface area (Å²) >= 11 is 0. The van der Waals surface area contributed by atoms with Gasteiger partial charge in [-0.05, 0) is 36.8 Å². The van der Waals surface area contributed by atoms with E-state index in [9.17, 15) is 9.59 Å². The number of nitrogens with one attached hydrogen (secondary N) is 1. The van der Waals surface area contributed by atoms with Gasteiger partial charge in [-0.2, -0.15) is 5.10 Å². The van der Waals surface area contributed by atoms with Gasteiger partial charge in [0.05, 0.1) is 12.8 Å². The predicted molar refractivity (Wildman–Crippen MR) is 65.4 cm³/mol. The zero-order valence-electron chi connectivity index (χ0n) is 9.92. The lowest BCUT2D eigenvalue weighted by molar-refractivity contribution is -0.118. The molecule has 1 fully saturated rings. The molecule has 1 aromatic carbocycles. The van der Waals surface area contributed by atoms with Gasteiger partial charge in [-0.25, -0.2) is 9.80 Å². The number of carbonyl (C=O) groups is 2. The first-order chi connectivity index (χ1) is 8.69. The van der Waals surface area contributed by atoms with Gasteiger partial charge in [-0.1, -0.05) is 0 Å². The number of benzene rings is 1. The molecule has 1 N–H and O–H groups in total. The predicted octanol–water partition coefficient (Wildman–Crippen LogP) is 0.971. The molecule has 6 nitrogen and oxygen atoms in total. The Bertz CT molecular complexity index is 482. The molecule has 3 amide bonds. The molecule has 0 saturated carbocycles. The number of hydrogen-bond acceptors (Lipinski definition) is 4. The van der Waals surface area contributed by atoms with Gasteiger partial charge >= 0.3 is 6.03 Å². The van der Waals surface area contributed by atoms with Gasteiger partial charge in [0.1, 0.15) is 12.3 Å². The summed E-state index contributed by atoms with van der Waals surface area (Å²) in [4.78, 5) is 22.1. The summed E-state index contributed by atoms with van der Waals surface area (Å²) in [6.45, 7) is 2.49. The fraction of sp³-hybridized carbons (Fsp3) is 0.250. The standard InChI is InChI=1S/C12H13N3O3/c1-2-18-10-5-3-9(4-6-10)7-13-15-8-11(16)14-12(15)17/h3-7H,2,8H2,1H3,(H,14,16,17)/b13-7+. The molecule has 18 heavy (non-hydrogen) atoms. The molecule has 1 heterocycles. The number of ether oxygens (including phenoxy) is 1. The molecule has 2 rings (SSSR count). The highest BCUT2D eigenvalue weighted by atomic mass is 16.5. The van der Waals surface area contributed by atoms with Crippen molar-refractivity contribution in [3.05, 3.63) is 29.8 Å². The van der Waals surface area contributed by atoms with Crippen LogP contribution in [-0.2, 0) is 4.79 Å². The molecule has 1 aromatic rings. The van der Waals surface area contributed by atoms with Crippen molar-refractivity contribution >= 4 is 18.2 Å². The smallest absolute Gasteiger partial charge is 0.344 e. The zero-order valence-corrected chi connectivity index (χ0v) is 9.92. The zero-order chi connectivity index (χ0) is 13.0. The third-order valence-corrected chi connectivity index (χ3v) is 2.31. The maximum absolute atomic E-state index is 11.2. The second-order valence-corrected chi connectivity index (χ2v) is 3.66. The normalized spacial score (nSPS) is 15.3. The molecule has 0 aliphatic carbocycles. The molecular formula is C12H13N3O3. The second-order valence-electron chi connectivity index (χ2n) is 3.66. The molecule has 0 bridgehead atoms. The summed E-state index contributed by atoms with van der Waals surface area (Å²) in [5.74, 6) is 0.438. The maximum atomic E-state index is 11.2. The van der Waals surface area contributed by atoms with Gasteiger partial charge in [0, 0.05) is 0 Å². The van der Waals surface area contributed by atoms with Gasteiger partial charge in [-0.3, -0.25) is 10.1 Å². The van der Waals surface area contributed by atoms with E-state index in [0.29, 0.717) is 6.61 Å². The molecule has 94 valence electrons. The number of carbonyl (C=O) groups excluding carboxylic acids is 2. The molecular weight excluding hydrogens is 234 g/mol. The highest BCUT2D eigenvalue weighted by Gasteiger charge is 2.25. The topological polar surface area (TPSA) is 71.0 Å². The summed E-state index contributed by atoms with van der Waals surface area (Å²) in [6.07, 6.45) is 1.52. The van der Waals surface area contributed by atoms with Crippen LogP contribution in [0.15, 0.2) is 29.4 Å². The summed E-state index contributed by atoms with van der Waals surface area (Å²) in [5, 5.41) is 7.16. The number of hydrogen-bond donors (Lipinski definition) is 1. The Morgan fingerprint density at radius 2 is 2.11 bits per heavy atom. The largest absolute Gasteiger partial charge is 0.494 e. The lowest BCUT2D eigenvalue weighted by atomic mass is 10.2. The molecule has 0 unspecified atom stereocenters. The van der Waals surface area contributed by atoms with Crippen LogP contribution in [0.2, 0.25) is 0 Å². The first-order valence-electron chi connectivity index (χ1n) is 5.57. The summed E-state index contributed by atoms with van der Waals surface area (Å²) in [6, 6.07) is 6.79. The van der Waals surface area contributed by atoms with Crippen LogP contribution >= 0.6 is 0 Å². The molecule has 0 atom stereocenters. The Labute approximate surface area is 104 Å². The van der Waals surface area contributed by atoms with Crippen LogP contribution < -0.4 is 10.1 Å². The Balaban J connectivity index is 2.00. The third-order valence-electron chi connectivity index (χ3n) is 2.31. The van der Waals surface area contributed by atoms with Crippen molar-refractivity contribution in [2.45, 2.75) is 6.92 Å². The van der Waals surface area contributed by atoms with Crippen LogP contribution in [0.1, 0.15) is 12.5 Å². The van der Waals surface area contributed by atoms with Gasteiger partial charge in [0.2, 0.25) is 5.91 Å². The van der Waals surface area contributed by atoms with Crippen molar-refractivity contribution in [1.82, 2.24) is 10.3 Å². The van der Waals surface area contributed by atoms with E-state index in [-0.39, 0.29) is 12.5 Å². The summed E-state index contributed by atoms with van der Waals surface area (Å²) in [5.41, 5.74) is 0.825. The van der Waals surface area contributed by atoms with Crippen molar-refractivity contribution in [3.8, 4) is 5.75 Å². The third kappa shape index (κ3) is 2.85. The minimum absolute atomic E-state index is 0.0354. The van der Waals surface area contributed by atoms with Crippen LogP contribution in [0, 0.1) is 0 Å². The van der Waals surface area contributed by atoms with Crippen LogP contribution in [0.4, 0.5) is 4.79 Å². The Kier molecular flexibility index (Phi) is 3.57. The van der Waals surface area contributed by atoms with Gasteiger partial charge in [-0.15, -0.1) is 0 Å². The lowest BCUT2D eigenvalue weighted by Gasteiger charge is -2.05. The fourth-order valence-electron chi connectivity index (χ4n) is 1.48. The molecule has 1 saturated heterocycles. The number of hydrazone groups is 1. The monoisotopic (exact) mass is 247 g/mol. The molecule has 6 heteroatoms. The van der Waals surface area contributed by atoms with Crippen molar-refractivity contribution in [3.63, 3.8) is 0 Å². The van der Waals surface area contributed by atoms with Crippen molar-refractivity contribution < 1.29 is 14.3 Å². The average molecular weight is 247 g/mol. The van der Waals surface area contributed by atoms with E-state index >= 15 is 0 Å². The van der Waals surface area contributed by atoms with Crippen molar-refractivity contribution in [2.24, 2.45) is 5.10 Å². The Morgan fingerprint density at radius 1 is 1.39 bits per heavy atom. The number of nitrogens with zero attached hydrogens (tertiary/aromatic N) is 2. The molecule has 0 radical (unpaired) electrons. The number of amides is 3. The Morgan fingerprint density at radius 3 is 2.67 bits per heavy atom. The molecule has 0 aromatic heterocycles. The fourth-order valence-corrected chi connectivity index (χ4v) is 1.48. The Hall–Kier alpha value is -2.37. The highest BCUT2D eigenvalue weighted by molar-refractivity contribution is 6.02. The minimum Gasteiger partial charge on any atom is -0.494 e. The van der Waals surface area contributed by atoms with Crippen LogP contribution in [0.5, 0.6) is 5.75 Å². The van der Waals surface area contributed by atoms with Gasteiger partial charge in [0.25, 0.3) is 0 Å². The summed E-state index contributed by atoms with van der Waals surface area (Å²) in [7, 11) is 0.